The van der Waals surface area contributed by atoms with Crippen LogP contribution in [-0.4, -0.2) is 19.2 Å². The summed E-state index contributed by atoms with van der Waals surface area (Å²) in [5.74, 6) is 1.97. The van der Waals surface area contributed by atoms with Gasteiger partial charge in [-0.2, -0.15) is 0 Å². The molecule has 6 heteroatoms. The van der Waals surface area contributed by atoms with Gasteiger partial charge in [0.15, 0.2) is 5.82 Å². The molecular weight excluding hydrogens is 316 g/mol. The maximum atomic E-state index is 12.6. The molecule has 0 saturated heterocycles. The number of fused-ring (bicyclic) bond motifs is 3. The average Bonchev–Trinajstić information content (AvgIpc) is 3.06. The number of ether oxygens (including phenoxy) is 1. The topological polar surface area (TPSA) is 61.4 Å². The summed E-state index contributed by atoms with van der Waals surface area (Å²) in [5, 5.41) is 9.13. The third-order valence-corrected chi connectivity index (χ3v) is 4.28. The molecule has 4 rings (SSSR count). The van der Waals surface area contributed by atoms with Crippen LogP contribution < -0.4 is 10.3 Å². The van der Waals surface area contributed by atoms with Gasteiger partial charge in [-0.15, -0.1) is 10.2 Å². The fraction of sp³-hybridized carbons (Fsp3) is 0.211. The van der Waals surface area contributed by atoms with Crippen molar-refractivity contribution in [3.8, 4) is 5.75 Å². The van der Waals surface area contributed by atoms with Gasteiger partial charge >= 0.3 is 0 Å². The minimum atomic E-state index is -0.0518. The Bertz CT molecular complexity index is 1110. The Kier molecular flexibility index (Phi) is 3.72. The fourth-order valence-electron chi connectivity index (χ4n) is 2.98. The number of benzene rings is 2. The second-order valence-electron chi connectivity index (χ2n) is 5.92. The molecule has 0 amide bonds. The molecule has 0 unspecified atom stereocenters. The Labute approximate surface area is 144 Å². The molecule has 2 heterocycles. The zero-order chi connectivity index (χ0) is 17.4. The molecule has 0 aliphatic carbocycles. The first kappa shape index (κ1) is 15.4. The Balaban J connectivity index is 1.84. The molecule has 4 aromatic rings. The maximum absolute atomic E-state index is 12.6. The molecule has 2 aromatic heterocycles. The molecule has 25 heavy (non-hydrogen) atoms. The minimum absolute atomic E-state index is 0.0518. The quantitative estimate of drug-likeness (QED) is 0.576. The summed E-state index contributed by atoms with van der Waals surface area (Å²) in [6.45, 7) is 4.76. The van der Waals surface area contributed by atoms with Crippen molar-refractivity contribution in [1.29, 1.82) is 0 Å². The standard InChI is InChI=1S/C19H18N4O2/c1-3-22-18(24)15-6-4-5-7-16(15)23-17(20-21-19(22)23)12-25-14-10-8-13(2)9-11-14/h4-11H,3,12H2,1-2H3. The third-order valence-electron chi connectivity index (χ3n) is 4.28. The van der Waals surface area contributed by atoms with Gasteiger partial charge < -0.3 is 4.74 Å². The van der Waals surface area contributed by atoms with E-state index < -0.39 is 0 Å². The molecule has 6 nitrogen and oxygen atoms in total. The largest absolute Gasteiger partial charge is 0.486 e. The highest BCUT2D eigenvalue weighted by atomic mass is 16.5. The van der Waals surface area contributed by atoms with Crippen LogP contribution >= 0.6 is 0 Å². The van der Waals surface area contributed by atoms with Crippen molar-refractivity contribution in [2.75, 3.05) is 0 Å². The highest BCUT2D eigenvalue weighted by Gasteiger charge is 2.15. The van der Waals surface area contributed by atoms with Gasteiger partial charge in [0.1, 0.15) is 12.4 Å². The van der Waals surface area contributed by atoms with Gasteiger partial charge in [0.25, 0.3) is 5.56 Å². The molecular formula is C19H18N4O2. The Hall–Kier alpha value is -3.15. The number of aromatic nitrogens is 4. The maximum Gasteiger partial charge on any atom is 0.262 e. The van der Waals surface area contributed by atoms with Gasteiger partial charge in [0.05, 0.1) is 10.9 Å². The molecule has 0 saturated carbocycles. The van der Waals surface area contributed by atoms with Crippen molar-refractivity contribution in [3.63, 3.8) is 0 Å². The fourth-order valence-corrected chi connectivity index (χ4v) is 2.98. The monoisotopic (exact) mass is 334 g/mol. The van der Waals surface area contributed by atoms with E-state index in [-0.39, 0.29) is 12.2 Å². The summed E-state index contributed by atoms with van der Waals surface area (Å²) in [6.07, 6.45) is 0. The van der Waals surface area contributed by atoms with E-state index >= 15 is 0 Å². The van der Waals surface area contributed by atoms with Crippen LogP contribution in [0.3, 0.4) is 0 Å². The summed E-state index contributed by atoms with van der Waals surface area (Å²) in [4.78, 5) is 12.6. The number of aryl methyl sites for hydroxylation is 2. The molecule has 126 valence electrons. The molecule has 0 atom stereocenters. The summed E-state index contributed by atoms with van der Waals surface area (Å²) in [7, 11) is 0. The van der Waals surface area contributed by atoms with Crippen LogP contribution in [0.4, 0.5) is 0 Å². The lowest BCUT2D eigenvalue weighted by Crippen LogP contribution is -2.22. The van der Waals surface area contributed by atoms with Crippen LogP contribution in [0.2, 0.25) is 0 Å². The van der Waals surface area contributed by atoms with Crippen LogP contribution in [0.5, 0.6) is 5.75 Å². The van der Waals surface area contributed by atoms with E-state index in [4.69, 9.17) is 4.74 Å². The number of nitrogens with zero attached hydrogens (tertiary/aromatic N) is 4. The lowest BCUT2D eigenvalue weighted by molar-refractivity contribution is 0.295. The molecule has 0 aliphatic heterocycles. The molecule has 0 bridgehead atoms. The Morgan fingerprint density at radius 1 is 1.04 bits per heavy atom. The van der Waals surface area contributed by atoms with Gasteiger partial charge in [-0.05, 0) is 38.1 Å². The number of hydrogen-bond acceptors (Lipinski definition) is 4. The Morgan fingerprint density at radius 2 is 1.80 bits per heavy atom. The number of hydrogen-bond donors (Lipinski definition) is 0. The van der Waals surface area contributed by atoms with Crippen molar-refractivity contribution >= 4 is 16.7 Å². The van der Waals surface area contributed by atoms with E-state index in [1.807, 2.05) is 66.8 Å². The average molecular weight is 334 g/mol. The molecule has 0 fully saturated rings. The van der Waals surface area contributed by atoms with Gasteiger partial charge in [-0.25, -0.2) is 0 Å². The molecule has 0 radical (unpaired) electrons. The summed E-state index contributed by atoms with van der Waals surface area (Å²) in [5.41, 5.74) is 1.92. The molecule has 2 aromatic carbocycles. The van der Waals surface area contributed by atoms with Crippen LogP contribution in [0.25, 0.3) is 16.7 Å². The van der Waals surface area contributed by atoms with Crippen LogP contribution in [0, 0.1) is 6.92 Å². The second-order valence-corrected chi connectivity index (χ2v) is 5.92. The van der Waals surface area contributed by atoms with E-state index in [0.717, 1.165) is 11.3 Å². The van der Waals surface area contributed by atoms with Crippen molar-refractivity contribution < 1.29 is 4.74 Å². The lowest BCUT2D eigenvalue weighted by Gasteiger charge is -2.10. The second kappa shape index (κ2) is 6.05. The number of rotatable bonds is 4. The predicted molar refractivity (Wildman–Crippen MR) is 95.9 cm³/mol. The van der Waals surface area contributed by atoms with E-state index in [2.05, 4.69) is 10.2 Å². The summed E-state index contributed by atoms with van der Waals surface area (Å²) >= 11 is 0. The van der Waals surface area contributed by atoms with Crippen LogP contribution in [0.15, 0.2) is 53.3 Å². The molecule has 0 aliphatic rings. The number of para-hydroxylation sites is 1. The van der Waals surface area contributed by atoms with Crippen LogP contribution in [-0.2, 0) is 13.2 Å². The highest BCUT2D eigenvalue weighted by Crippen LogP contribution is 2.17. The first-order chi connectivity index (χ1) is 12.2. The van der Waals surface area contributed by atoms with Crippen molar-refractivity contribution in [1.82, 2.24) is 19.2 Å². The predicted octanol–water partition coefficient (Wildman–Crippen LogP) is 2.95. The summed E-state index contributed by atoms with van der Waals surface area (Å²) in [6, 6.07) is 15.4. The van der Waals surface area contributed by atoms with Gasteiger partial charge in [0, 0.05) is 6.54 Å². The van der Waals surface area contributed by atoms with Gasteiger partial charge in [-0.3, -0.25) is 13.8 Å². The zero-order valence-corrected chi connectivity index (χ0v) is 14.1. The zero-order valence-electron chi connectivity index (χ0n) is 14.1. The normalized spacial score (nSPS) is 11.3. The van der Waals surface area contributed by atoms with Crippen LogP contribution in [0.1, 0.15) is 18.3 Å². The van der Waals surface area contributed by atoms with Crippen molar-refractivity contribution in [2.45, 2.75) is 27.0 Å². The first-order valence-corrected chi connectivity index (χ1v) is 8.24. The first-order valence-electron chi connectivity index (χ1n) is 8.24. The van der Waals surface area contributed by atoms with E-state index in [1.165, 1.54) is 5.56 Å². The lowest BCUT2D eigenvalue weighted by atomic mass is 10.2. The summed E-state index contributed by atoms with van der Waals surface area (Å²) < 4.78 is 9.38. The Morgan fingerprint density at radius 3 is 2.56 bits per heavy atom. The van der Waals surface area contributed by atoms with Crippen molar-refractivity contribution in [2.24, 2.45) is 0 Å². The van der Waals surface area contributed by atoms with Gasteiger partial charge in [-0.1, -0.05) is 29.8 Å². The van der Waals surface area contributed by atoms with E-state index in [9.17, 15) is 4.79 Å². The SMILES string of the molecule is CCn1c(=O)c2ccccc2n2c(COc3ccc(C)cc3)nnc12. The van der Waals surface area contributed by atoms with Gasteiger partial charge in [0.2, 0.25) is 5.78 Å². The highest BCUT2D eigenvalue weighted by molar-refractivity contribution is 5.80. The molecule has 0 spiro atoms. The smallest absolute Gasteiger partial charge is 0.262 e. The minimum Gasteiger partial charge on any atom is -0.486 e. The third kappa shape index (κ3) is 2.55. The molecule has 0 N–H and O–H groups in total. The van der Waals surface area contributed by atoms with E-state index in [0.29, 0.717) is 23.5 Å². The van der Waals surface area contributed by atoms with Crippen molar-refractivity contribution in [3.05, 3.63) is 70.3 Å². The van der Waals surface area contributed by atoms with E-state index in [1.54, 1.807) is 4.57 Å².